The molecule has 1 aliphatic rings. The second kappa shape index (κ2) is 7.44. The van der Waals surface area contributed by atoms with Crippen molar-refractivity contribution in [3.05, 3.63) is 65.7 Å². The molecular weight excluding hydrogens is 357 g/mol. The van der Waals surface area contributed by atoms with Gasteiger partial charge in [0.1, 0.15) is 23.2 Å². The highest BCUT2D eigenvalue weighted by atomic mass is 19.1. The number of hydrogen-bond donors (Lipinski definition) is 2. The molecule has 0 radical (unpaired) electrons. The van der Waals surface area contributed by atoms with Gasteiger partial charge in [0.25, 0.3) is 0 Å². The molecule has 0 saturated carbocycles. The quantitative estimate of drug-likeness (QED) is 0.731. The maximum atomic E-state index is 13.4. The first-order valence-corrected chi connectivity index (χ1v) is 9.22. The summed E-state index contributed by atoms with van der Waals surface area (Å²) in [5.74, 6) is 1.23. The number of halogens is 1. The molecule has 3 aromatic rings. The van der Waals surface area contributed by atoms with Crippen LogP contribution in [0, 0.1) is 12.7 Å². The van der Waals surface area contributed by atoms with E-state index in [1.54, 1.807) is 17.0 Å². The van der Waals surface area contributed by atoms with Crippen LogP contribution in [0.25, 0.3) is 11.3 Å². The number of aromatic nitrogens is 2. The summed E-state index contributed by atoms with van der Waals surface area (Å²) in [6.45, 7) is 3.62. The number of amides is 1. The number of carbonyl (C=O) groups excluding carboxylic acids is 1. The maximum Gasteiger partial charge on any atom is 0.236 e. The van der Waals surface area contributed by atoms with Crippen LogP contribution in [0.1, 0.15) is 11.4 Å². The van der Waals surface area contributed by atoms with Crippen molar-refractivity contribution in [3.63, 3.8) is 0 Å². The fourth-order valence-corrected chi connectivity index (χ4v) is 3.38. The van der Waals surface area contributed by atoms with Crippen LogP contribution in [0.2, 0.25) is 0 Å². The Hall–Kier alpha value is -3.19. The van der Waals surface area contributed by atoms with Crippen molar-refractivity contribution in [3.8, 4) is 11.3 Å². The molecule has 0 bridgehead atoms. The monoisotopic (exact) mass is 379 g/mol. The number of fused-ring (bicyclic) bond motifs is 1. The van der Waals surface area contributed by atoms with Crippen LogP contribution in [0.15, 0.2) is 48.5 Å². The van der Waals surface area contributed by atoms with E-state index < -0.39 is 0 Å². The van der Waals surface area contributed by atoms with E-state index in [4.69, 9.17) is 10.7 Å². The summed E-state index contributed by atoms with van der Waals surface area (Å²) >= 11 is 0. The molecule has 3 N–H and O–H groups in total. The predicted molar refractivity (Wildman–Crippen MR) is 107 cm³/mol. The maximum absolute atomic E-state index is 13.4. The molecule has 0 aliphatic carbocycles. The summed E-state index contributed by atoms with van der Waals surface area (Å²) < 4.78 is 15.5. The van der Waals surface area contributed by atoms with Gasteiger partial charge in [-0.1, -0.05) is 17.7 Å². The molecule has 0 saturated heterocycles. The number of nitrogens with zero attached hydrogens (tertiary/aromatic N) is 3. The first kappa shape index (κ1) is 18.2. The Morgan fingerprint density at radius 3 is 2.54 bits per heavy atom. The van der Waals surface area contributed by atoms with Gasteiger partial charge in [0, 0.05) is 24.3 Å². The highest BCUT2D eigenvalue weighted by Crippen LogP contribution is 2.33. The molecule has 0 atom stereocenters. The third-order valence-corrected chi connectivity index (χ3v) is 4.93. The number of imidazole rings is 1. The number of aryl methyl sites for hydroxylation is 1. The molecule has 28 heavy (non-hydrogen) atoms. The minimum Gasteiger partial charge on any atom is -0.340 e. The minimum atomic E-state index is -0.291. The van der Waals surface area contributed by atoms with Crippen molar-refractivity contribution in [1.29, 1.82) is 0 Å². The van der Waals surface area contributed by atoms with Crippen molar-refractivity contribution in [1.82, 2.24) is 14.5 Å². The summed E-state index contributed by atoms with van der Waals surface area (Å²) in [5, 5.41) is 3.46. The molecule has 7 heteroatoms. The van der Waals surface area contributed by atoms with Crippen LogP contribution in [-0.2, 0) is 17.9 Å². The van der Waals surface area contributed by atoms with Gasteiger partial charge in [-0.2, -0.15) is 0 Å². The summed E-state index contributed by atoms with van der Waals surface area (Å²) in [4.78, 5) is 18.5. The highest BCUT2D eigenvalue weighted by molar-refractivity contribution is 5.79. The van der Waals surface area contributed by atoms with Gasteiger partial charge in [0.05, 0.1) is 13.1 Å². The predicted octanol–water partition coefficient (Wildman–Crippen LogP) is 3.04. The topological polar surface area (TPSA) is 76.2 Å². The SMILES string of the molecule is Cc1ccc(Nc2c(-c3ccc(F)cc3)nc3n2CCN(C(=O)CN)C3)cc1. The van der Waals surface area contributed by atoms with E-state index in [1.807, 2.05) is 31.2 Å². The molecule has 1 aliphatic heterocycles. The Bertz CT molecular complexity index is 995. The van der Waals surface area contributed by atoms with Crippen LogP contribution < -0.4 is 11.1 Å². The van der Waals surface area contributed by atoms with Gasteiger partial charge >= 0.3 is 0 Å². The Labute approximate surface area is 162 Å². The number of carbonyl (C=O) groups is 1. The molecule has 4 rings (SSSR count). The molecule has 0 spiro atoms. The summed E-state index contributed by atoms with van der Waals surface area (Å²) in [6, 6.07) is 14.4. The molecule has 0 fully saturated rings. The zero-order chi connectivity index (χ0) is 19.7. The van der Waals surface area contributed by atoms with Crippen LogP contribution in [0.3, 0.4) is 0 Å². The smallest absolute Gasteiger partial charge is 0.236 e. The van der Waals surface area contributed by atoms with E-state index in [0.29, 0.717) is 19.6 Å². The number of benzene rings is 2. The van der Waals surface area contributed by atoms with E-state index in [0.717, 1.165) is 28.6 Å². The van der Waals surface area contributed by atoms with Gasteiger partial charge in [-0.3, -0.25) is 4.79 Å². The first-order chi connectivity index (χ1) is 13.5. The first-order valence-electron chi connectivity index (χ1n) is 9.22. The fourth-order valence-electron chi connectivity index (χ4n) is 3.38. The van der Waals surface area contributed by atoms with E-state index in [2.05, 4.69) is 9.88 Å². The second-order valence-electron chi connectivity index (χ2n) is 6.89. The average molecular weight is 379 g/mol. The lowest BCUT2D eigenvalue weighted by Gasteiger charge is -2.28. The largest absolute Gasteiger partial charge is 0.340 e. The highest BCUT2D eigenvalue weighted by Gasteiger charge is 2.26. The van der Waals surface area contributed by atoms with Gasteiger partial charge < -0.3 is 20.5 Å². The molecule has 6 nitrogen and oxygen atoms in total. The Balaban J connectivity index is 1.76. The summed E-state index contributed by atoms with van der Waals surface area (Å²) in [7, 11) is 0. The van der Waals surface area contributed by atoms with Gasteiger partial charge in [0.15, 0.2) is 0 Å². The van der Waals surface area contributed by atoms with Crippen LogP contribution >= 0.6 is 0 Å². The molecular formula is C21H22FN5O. The van der Waals surface area contributed by atoms with E-state index in [9.17, 15) is 9.18 Å². The lowest BCUT2D eigenvalue weighted by Crippen LogP contribution is -2.41. The molecule has 0 unspecified atom stereocenters. The van der Waals surface area contributed by atoms with Crippen LogP contribution in [-0.4, -0.2) is 33.4 Å². The van der Waals surface area contributed by atoms with E-state index in [1.165, 1.54) is 17.7 Å². The molecule has 2 heterocycles. The second-order valence-corrected chi connectivity index (χ2v) is 6.89. The third kappa shape index (κ3) is 3.48. The van der Waals surface area contributed by atoms with Crippen LogP contribution in [0.4, 0.5) is 15.9 Å². The number of nitrogens with two attached hydrogens (primary N) is 1. The Morgan fingerprint density at radius 2 is 1.86 bits per heavy atom. The van der Waals surface area contributed by atoms with Gasteiger partial charge in [-0.15, -0.1) is 0 Å². The number of anilines is 2. The summed E-state index contributed by atoms with van der Waals surface area (Å²) in [5.41, 5.74) is 9.18. The fraction of sp³-hybridized carbons (Fsp3) is 0.238. The van der Waals surface area contributed by atoms with Gasteiger partial charge in [-0.25, -0.2) is 9.37 Å². The van der Waals surface area contributed by atoms with Crippen molar-refractivity contribution in [2.75, 3.05) is 18.4 Å². The summed E-state index contributed by atoms with van der Waals surface area (Å²) in [6.07, 6.45) is 0. The standard InChI is InChI=1S/C21H22FN5O/c1-14-2-8-17(9-3-14)24-21-20(15-4-6-16(22)7-5-15)25-18-13-26(19(28)12-23)10-11-27(18)21/h2-9,24H,10-13,23H2,1H3. The van der Waals surface area contributed by atoms with Gasteiger partial charge in [-0.05, 0) is 43.3 Å². The number of rotatable bonds is 4. The molecule has 1 aromatic heterocycles. The zero-order valence-corrected chi connectivity index (χ0v) is 15.7. The van der Waals surface area contributed by atoms with Crippen molar-refractivity contribution < 1.29 is 9.18 Å². The molecule has 144 valence electrons. The lowest BCUT2D eigenvalue weighted by molar-refractivity contribution is -0.131. The normalized spacial score (nSPS) is 13.3. The van der Waals surface area contributed by atoms with Crippen LogP contribution in [0.5, 0.6) is 0 Å². The molecule has 1 amide bonds. The van der Waals surface area contributed by atoms with Crippen molar-refractivity contribution in [2.24, 2.45) is 5.73 Å². The Kier molecular flexibility index (Phi) is 4.83. The number of hydrogen-bond acceptors (Lipinski definition) is 4. The minimum absolute atomic E-state index is 0.0139. The van der Waals surface area contributed by atoms with Crippen molar-refractivity contribution >= 4 is 17.4 Å². The lowest BCUT2D eigenvalue weighted by atomic mass is 10.1. The average Bonchev–Trinajstić information content (AvgIpc) is 3.07. The zero-order valence-electron chi connectivity index (χ0n) is 15.7. The van der Waals surface area contributed by atoms with Crippen molar-refractivity contribution in [2.45, 2.75) is 20.0 Å². The third-order valence-electron chi connectivity index (χ3n) is 4.93. The van der Waals surface area contributed by atoms with Gasteiger partial charge in [0.2, 0.25) is 5.91 Å². The number of nitrogens with one attached hydrogen (secondary N) is 1. The molecule has 2 aromatic carbocycles. The van der Waals surface area contributed by atoms with E-state index in [-0.39, 0.29) is 18.3 Å². The van der Waals surface area contributed by atoms with E-state index >= 15 is 0 Å². The Morgan fingerprint density at radius 1 is 1.14 bits per heavy atom.